The molecule has 1 aliphatic rings. The molecule has 0 radical (unpaired) electrons. The number of halogens is 1. The molecule has 1 aromatic heterocycles. The number of hydrogen-bond acceptors (Lipinski definition) is 2. The van der Waals surface area contributed by atoms with Crippen LogP contribution >= 0.6 is 15.9 Å². The fourth-order valence-electron chi connectivity index (χ4n) is 2.96. The molecule has 0 amide bonds. The van der Waals surface area contributed by atoms with Crippen molar-refractivity contribution in [3.63, 3.8) is 0 Å². The maximum absolute atomic E-state index is 12.0. The van der Waals surface area contributed by atoms with Gasteiger partial charge in [0.1, 0.15) is 0 Å². The molecule has 1 heterocycles. The molecule has 108 valence electrons. The topological polar surface area (TPSA) is 47.2 Å². The summed E-state index contributed by atoms with van der Waals surface area (Å²) in [5.41, 5.74) is 2.58. The Morgan fingerprint density at radius 3 is 2.45 bits per heavy atom. The molecule has 0 spiro atoms. The number of nitrogens with zero attached hydrogens (tertiary/aromatic N) is 2. The maximum Gasteiger partial charge on any atom is 0.328 e. The molecule has 1 atom stereocenters. The number of fused-ring (bicyclic) bond motifs is 1. The summed E-state index contributed by atoms with van der Waals surface area (Å²) < 4.78 is 4.13. The summed E-state index contributed by atoms with van der Waals surface area (Å²) in [6, 6.07) is 3.86. The minimum Gasteiger partial charge on any atom is -0.388 e. The Balaban J connectivity index is 2.04. The summed E-state index contributed by atoms with van der Waals surface area (Å²) in [6.07, 6.45) is 4.08. The van der Waals surface area contributed by atoms with Crippen LogP contribution in [0.2, 0.25) is 0 Å². The van der Waals surface area contributed by atoms with Crippen molar-refractivity contribution in [1.82, 2.24) is 9.13 Å². The Morgan fingerprint density at radius 1 is 1.30 bits per heavy atom. The fourth-order valence-corrected chi connectivity index (χ4v) is 3.56. The van der Waals surface area contributed by atoms with E-state index in [1.807, 2.05) is 12.1 Å². The smallest absolute Gasteiger partial charge is 0.328 e. The Bertz CT molecular complexity index is 713. The highest BCUT2D eigenvalue weighted by Gasteiger charge is 2.23. The molecule has 1 aliphatic carbocycles. The van der Waals surface area contributed by atoms with Crippen LogP contribution in [0.5, 0.6) is 0 Å². The highest BCUT2D eigenvalue weighted by molar-refractivity contribution is 9.10. The van der Waals surface area contributed by atoms with Gasteiger partial charge in [-0.3, -0.25) is 9.13 Å². The van der Waals surface area contributed by atoms with Gasteiger partial charge in [-0.2, -0.15) is 0 Å². The number of benzene rings is 1. The quantitative estimate of drug-likeness (QED) is 0.935. The van der Waals surface area contributed by atoms with E-state index in [0.29, 0.717) is 5.92 Å². The molecule has 1 aromatic carbocycles. The Labute approximate surface area is 126 Å². The van der Waals surface area contributed by atoms with Gasteiger partial charge in [-0.1, -0.05) is 35.2 Å². The van der Waals surface area contributed by atoms with Gasteiger partial charge < -0.3 is 5.11 Å². The predicted octanol–water partition coefficient (Wildman–Crippen LogP) is 2.86. The third kappa shape index (κ3) is 2.13. The molecule has 20 heavy (non-hydrogen) atoms. The van der Waals surface area contributed by atoms with E-state index in [9.17, 15) is 9.90 Å². The summed E-state index contributed by atoms with van der Waals surface area (Å²) in [5.74, 6) is 0.646. The summed E-state index contributed by atoms with van der Waals surface area (Å²) in [7, 11) is 3.53. The molecule has 1 saturated carbocycles. The molecule has 4 nitrogen and oxygen atoms in total. The lowest BCUT2D eigenvalue weighted by atomic mass is 9.80. The van der Waals surface area contributed by atoms with Crippen molar-refractivity contribution in [3.8, 4) is 0 Å². The van der Waals surface area contributed by atoms with Gasteiger partial charge in [0.2, 0.25) is 0 Å². The van der Waals surface area contributed by atoms with Crippen LogP contribution in [-0.2, 0) is 14.1 Å². The first kappa shape index (κ1) is 13.9. The van der Waals surface area contributed by atoms with Gasteiger partial charge in [0.25, 0.3) is 0 Å². The standard InChI is InChI=1S/C15H19BrN2O2/c1-17-12-7-10(14(19)6-9-4-3-5-9)11(16)8-13(12)18(2)15(17)20/h7-9,14,19H,3-6H2,1-2H3. The zero-order valence-corrected chi connectivity index (χ0v) is 13.4. The second-order valence-corrected chi connectivity index (χ2v) is 6.67. The van der Waals surface area contributed by atoms with Crippen molar-refractivity contribution in [2.75, 3.05) is 0 Å². The van der Waals surface area contributed by atoms with E-state index in [4.69, 9.17) is 0 Å². The van der Waals surface area contributed by atoms with Crippen LogP contribution in [0.1, 0.15) is 37.4 Å². The van der Waals surface area contributed by atoms with Crippen LogP contribution in [0, 0.1) is 5.92 Å². The highest BCUT2D eigenvalue weighted by atomic mass is 79.9. The third-order valence-electron chi connectivity index (χ3n) is 4.53. The Kier molecular flexibility index (Phi) is 3.50. The van der Waals surface area contributed by atoms with Crippen LogP contribution < -0.4 is 5.69 Å². The molecule has 5 heteroatoms. The minimum absolute atomic E-state index is 0.0440. The van der Waals surface area contributed by atoms with Crippen LogP contribution in [0.3, 0.4) is 0 Å². The van der Waals surface area contributed by atoms with Gasteiger partial charge in [-0.05, 0) is 30.0 Å². The lowest BCUT2D eigenvalue weighted by Gasteiger charge is -2.28. The van der Waals surface area contributed by atoms with Crippen molar-refractivity contribution in [3.05, 3.63) is 32.7 Å². The molecule has 0 bridgehead atoms. The summed E-state index contributed by atoms with van der Waals surface area (Å²) in [4.78, 5) is 12.0. The van der Waals surface area contributed by atoms with Gasteiger partial charge in [-0.25, -0.2) is 4.79 Å². The second-order valence-electron chi connectivity index (χ2n) is 5.81. The molecular weight excluding hydrogens is 320 g/mol. The Hall–Kier alpha value is -1.07. The first-order chi connectivity index (χ1) is 9.49. The first-order valence-electron chi connectivity index (χ1n) is 7.02. The maximum atomic E-state index is 12.0. The molecule has 3 rings (SSSR count). The largest absolute Gasteiger partial charge is 0.388 e. The van der Waals surface area contributed by atoms with E-state index in [0.717, 1.165) is 27.5 Å². The van der Waals surface area contributed by atoms with E-state index < -0.39 is 6.10 Å². The first-order valence-corrected chi connectivity index (χ1v) is 7.81. The van der Waals surface area contributed by atoms with E-state index in [-0.39, 0.29) is 5.69 Å². The monoisotopic (exact) mass is 338 g/mol. The summed E-state index contributed by atoms with van der Waals surface area (Å²) in [6.45, 7) is 0. The van der Waals surface area contributed by atoms with E-state index >= 15 is 0 Å². The third-order valence-corrected chi connectivity index (χ3v) is 5.22. The van der Waals surface area contributed by atoms with Crippen LogP contribution in [0.15, 0.2) is 21.4 Å². The van der Waals surface area contributed by atoms with Crippen molar-refractivity contribution < 1.29 is 5.11 Å². The number of aromatic nitrogens is 2. The minimum atomic E-state index is -0.464. The van der Waals surface area contributed by atoms with Crippen molar-refractivity contribution >= 4 is 27.0 Å². The van der Waals surface area contributed by atoms with Crippen LogP contribution in [0.4, 0.5) is 0 Å². The molecule has 2 aromatic rings. The molecule has 0 aliphatic heterocycles. The molecule has 1 unspecified atom stereocenters. The average Bonchev–Trinajstić information content (AvgIpc) is 2.58. The van der Waals surface area contributed by atoms with Gasteiger partial charge in [0.05, 0.1) is 17.1 Å². The van der Waals surface area contributed by atoms with Crippen molar-refractivity contribution in [2.24, 2.45) is 20.0 Å². The number of aliphatic hydroxyl groups is 1. The molecular formula is C15H19BrN2O2. The number of aryl methyl sites for hydroxylation is 2. The molecule has 0 saturated heterocycles. The number of hydrogen-bond donors (Lipinski definition) is 1. The number of aliphatic hydroxyl groups excluding tert-OH is 1. The molecule has 1 fully saturated rings. The van der Waals surface area contributed by atoms with Gasteiger partial charge in [-0.15, -0.1) is 0 Å². The van der Waals surface area contributed by atoms with Gasteiger partial charge in [0, 0.05) is 18.6 Å². The predicted molar refractivity (Wildman–Crippen MR) is 82.8 cm³/mol. The van der Waals surface area contributed by atoms with Crippen LogP contribution in [0.25, 0.3) is 11.0 Å². The van der Waals surface area contributed by atoms with Gasteiger partial charge >= 0.3 is 5.69 Å². The van der Waals surface area contributed by atoms with Crippen molar-refractivity contribution in [1.29, 1.82) is 0 Å². The normalized spacial score (nSPS) is 17.4. The SMILES string of the molecule is Cn1c(=O)n(C)c2cc(C(O)CC3CCC3)c(Br)cc21. The van der Waals surface area contributed by atoms with E-state index in [2.05, 4.69) is 15.9 Å². The summed E-state index contributed by atoms with van der Waals surface area (Å²) >= 11 is 3.53. The lowest BCUT2D eigenvalue weighted by Crippen LogP contribution is -2.19. The zero-order chi connectivity index (χ0) is 14.4. The number of imidazole rings is 1. The molecule has 1 N–H and O–H groups in total. The van der Waals surface area contributed by atoms with Gasteiger partial charge in [0.15, 0.2) is 0 Å². The zero-order valence-electron chi connectivity index (χ0n) is 11.8. The van der Waals surface area contributed by atoms with Crippen LogP contribution in [-0.4, -0.2) is 14.2 Å². The van der Waals surface area contributed by atoms with E-state index in [1.165, 1.54) is 19.3 Å². The average molecular weight is 339 g/mol. The number of rotatable bonds is 3. The highest BCUT2D eigenvalue weighted by Crippen LogP contribution is 2.37. The fraction of sp³-hybridized carbons (Fsp3) is 0.533. The Morgan fingerprint density at radius 2 is 1.90 bits per heavy atom. The lowest BCUT2D eigenvalue weighted by molar-refractivity contribution is 0.118. The van der Waals surface area contributed by atoms with E-state index in [1.54, 1.807) is 23.2 Å². The second kappa shape index (κ2) is 5.04. The summed E-state index contributed by atoms with van der Waals surface area (Å²) in [5, 5.41) is 10.4. The van der Waals surface area contributed by atoms with Crippen molar-refractivity contribution in [2.45, 2.75) is 31.8 Å².